The highest BCUT2D eigenvalue weighted by molar-refractivity contribution is 5.85. The summed E-state index contributed by atoms with van der Waals surface area (Å²) in [6, 6.07) is 8.28. The Morgan fingerprint density at radius 3 is 2.78 bits per heavy atom. The van der Waals surface area contributed by atoms with Gasteiger partial charge in [-0.3, -0.25) is 4.98 Å². The first-order chi connectivity index (χ1) is 8.75. The van der Waals surface area contributed by atoms with Crippen LogP contribution in [-0.4, -0.2) is 35.9 Å². The highest BCUT2D eigenvalue weighted by Gasteiger charge is 2.12. The molecular weight excluding hydrogens is 234 g/mol. The van der Waals surface area contributed by atoms with Crippen molar-refractivity contribution in [3.8, 4) is 11.5 Å². The van der Waals surface area contributed by atoms with Crippen molar-refractivity contribution in [2.45, 2.75) is 0 Å². The number of hydrogen-bond acceptors (Lipinski definition) is 5. The van der Waals surface area contributed by atoms with Crippen molar-refractivity contribution in [3.05, 3.63) is 42.2 Å². The van der Waals surface area contributed by atoms with Gasteiger partial charge in [0.25, 0.3) is 0 Å². The van der Waals surface area contributed by atoms with Gasteiger partial charge in [0.2, 0.25) is 5.82 Å². The van der Waals surface area contributed by atoms with Gasteiger partial charge in [-0.25, -0.2) is 4.79 Å². The van der Waals surface area contributed by atoms with E-state index in [-0.39, 0.29) is 5.69 Å². The van der Waals surface area contributed by atoms with Crippen molar-refractivity contribution < 1.29 is 9.90 Å². The van der Waals surface area contributed by atoms with Gasteiger partial charge >= 0.3 is 5.97 Å². The van der Waals surface area contributed by atoms with Gasteiger partial charge in [0.15, 0.2) is 11.3 Å². The normalized spacial score (nSPS) is 10.7. The molecule has 0 radical (unpaired) electrons. The van der Waals surface area contributed by atoms with Crippen LogP contribution in [0.3, 0.4) is 0 Å². The van der Waals surface area contributed by atoms with Crippen molar-refractivity contribution in [2.24, 2.45) is 0 Å². The van der Waals surface area contributed by atoms with Crippen LogP contribution < -0.4 is 0 Å². The number of carbonyl (C=O) groups is 1. The molecule has 0 atom stereocenters. The second kappa shape index (κ2) is 3.88. The predicted molar refractivity (Wildman–Crippen MR) is 61.0 cm³/mol. The lowest BCUT2D eigenvalue weighted by atomic mass is 10.3. The van der Waals surface area contributed by atoms with E-state index in [1.54, 1.807) is 24.4 Å². The standard InChI is InChI=1S/C11H7N5O2/c17-11(18)8-4-5-9-13-14-10(16(9)15-8)7-3-1-2-6-12-7/h1-6H,(H,17,18). The van der Waals surface area contributed by atoms with Crippen molar-refractivity contribution in [3.63, 3.8) is 0 Å². The summed E-state index contributed by atoms with van der Waals surface area (Å²) in [5.41, 5.74) is 0.986. The zero-order valence-corrected chi connectivity index (χ0v) is 9.06. The van der Waals surface area contributed by atoms with Crippen LogP contribution in [0.4, 0.5) is 0 Å². The van der Waals surface area contributed by atoms with E-state index >= 15 is 0 Å². The van der Waals surface area contributed by atoms with E-state index in [1.165, 1.54) is 10.6 Å². The molecule has 18 heavy (non-hydrogen) atoms. The Balaban J connectivity index is 2.24. The zero-order chi connectivity index (χ0) is 12.5. The number of aromatic carboxylic acids is 1. The quantitative estimate of drug-likeness (QED) is 0.716. The van der Waals surface area contributed by atoms with Gasteiger partial charge in [-0.2, -0.15) is 9.61 Å². The average molecular weight is 241 g/mol. The number of aromatic nitrogens is 5. The Morgan fingerprint density at radius 2 is 2.06 bits per heavy atom. The first-order valence-corrected chi connectivity index (χ1v) is 5.13. The second-order valence-electron chi connectivity index (χ2n) is 3.53. The van der Waals surface area contributed by atoms with Crippen LogP contribution in [0.1, 0.15) is 10.5 Å². The Hall–Kier alpha value is -2.83. The maximum Gasteiger partial charge on any atom is 0.356 e. The fraction of sp³-hybridized carbons (Fsp3) is 0. The maximum absolute atomic E-state index is 10.9. The Labute approximate surface area is 101 Å². The van der Waals surface area contributed by atoms with E-state index in [0.717, 1.165) is 0 Å². The number of pyridine rings is 1. The molecule has 3 aromatic rings. The fourth-order valence-corrected chi connectivity index (χ4v) is 1.56. The summed E-state index contributed by atoms with van der Waals surface area (Å²) in [4.78, 5) is 15.0. The lowest BCUT2D eigenvalue weighted by molar-refractivity contribution is 0.0689. The molecule has 3 aromatic heterocycles. The average Bonchev–Trinajstić information content (AvgIpc) is 2.82. The van der Waals surface area contributed by atoms with Gasteiger partial charge in [0.1, 0.15) is 5.69 Å². The van der Waals surface area contributed by atoms with Crippen LogP contribution in [-0.2, 0) is 0 Å². The first-order valence-electron chi connectivity index (χ1n) is 5.13. The molecule has 0 aliphatic carbocycles. The zero-order valence-electron chi connectivity index (χ0n) is 9.06. The van der Waals surface area contributed by atoms with Crippen LogP contribution in [0.15, 0.2) is 36.5 Å². The third-order valence-corrected chi connectivity index (χ3v) is 2.38. The van der Waals surface area contributed by atoms with E-state index < -0.39 is 5.97 Å². The summed E-state index contributed by atoms with van der Waals surface area (Å²) in [6.45, 7) is 0. The molecule has 3 rings (SSSR count). The summed E-state index contributed by atoms with van der Waals surface area (Å²) in [5, 5.41) is 20.7. The summed E-state index contributed by atoms with van der Waals surface area (Å²) < 4.78 is 1.37. The minimum atomic E-state index is -1.10. The molecule has 1 N–H and O–H groups in total. The molecule has 0 fully saturated rings. The van der Waals surface area contributed by atoms with E-state index in [2.05, 4.69) is 20.3 Å². The van der Waals surface area contributed by atoms with Crippen molar-refractivity contribution in [1.29, 1.82) is 0 Å². The molecule has 0 spiro atoms. The minimum absolute atomic E-state index is 0.0699. The topological polar surface area (TPSA) is 93.3 Å². The molecule has 0 saturated carbocycles. The van der Waals surface area contributed by atoms with E-state index in [1.807, 2.05) is 6.07 Å². The van der Waals surface area contributed by atoms with E-state index in [0.29, 0.717) is 17.2 Å². The van der Waals surface area contributed by atoms with Crippen molar-refractivity contribution in [2.75, 3.05) is 0 Å². The minimum Gasteiger partial charge on any atom is -0.476 e. The Morgan fingerprint density at radius 1 is 1.17 bits per heavy atom. The summed E-state index contributed by atoms with van der Waals surface area (Å²) >= 11 is 0. The predicted octanol–water partition coefficient (Wildman–Crippen LogP) is 0.884. The SMILES string of the molecule is O=C(O)c1ccc2nnc(-c3ccccn3)n2n1. The van der Waals surface area contributed by atoms with Crippen LogP contribution in [0.5, 0.6) is 0 Å². The molecule has 7 heteroatoms. The number of nitrogens with zero attached hydrogens (tertiary/aromatic N) is 5. The molecule has 88 valence electrons. The molecule has 7 nitrogen and oxygen atoms in total. The first kappa shape index (κ1) is 10.3. The number of hydrogen-bond donors (Lipinski definition) is 1. The number of carboxylic acid groups (broad SMARTS) is 1. The fourth-order valence-electron chi connectivity index (χ4n) is 1.56. The van der Waals surface area contributed by atoms with Gasteiger partial charge in [0, 0.05) is 6.20 Å². The molecule has 0 aliphatic rings. The van der Waals surface area contributed by atoms with Gasteiger partial charge < -0.3 is 5.11 Å². The van der Waals surface area contributed by atoms with Crippen molar-refractivity contribution >= 4 is 11.6 Å². The van der Waals surface area contributed by atoms with Crippen molar-refractivity contribution in [1.82, 2.24) is 24.8 Å². The smallest absolute Gasteiger partial charge is 0.356 e. The third-order valence-electron chi connectivity index (χ3n) is 2.38. The second-order valence-corrected chi connectivity index (χ2v) is 3.53. The van der Waals surface area contributed by atoms with Crippen LogP contribution in [0.25, 0.3) is 17.2 Å². The summed E-state index contributed by atoms with van der Waals surface area (Å²) in [7, 11) is 0. The van der Waals surface area contributed by atoms with Gasteiger partial charge in [-0.1, -0.05) is 6.07 Å². The highest BCUT2D eigenvalue weighted by Crippen LogP contribution is 2.14. The molecule has 0 bridgehead atoms. The van der Waals surface area contributed by atoms with Crippen LogP contribution in [0.2, 0.25) is 0 Å². The Bertz CT molecular complexity index is 723. The van der Waals surface area contributed by atoms with Gasteiger partial charge in [0.05, 0.1) is 0 Å². The number of rotatable bonds is 2. The maximum atomic E-state index is 10.9. The molecule has 0 saturated heterocycles. The molecule has 0 aliphatic heterocycles. The van der Waals surface area contributed by atoms with Crippen LogP contribution >= 0.6 is 0 Å². The van der Waals surface area contributed by atoms with Gasteiger partial charge in [-0.05, 0) is 24.3 Å². The number of carboxylic acids is 1. The van der Waals surface area contributed by atoms with E-state index in [9.17, 15) is 4.79 Å². The van der Waals surface area contributed by atoms with Crippen LogP contribution in [0, 0.1) is 0 Å². The molecular formula is C11H7N5O2. The summed E-state index contributed by atoms with van der Waals surface area (Å²) in [5.74, 6) is -0.689. The third kappa shape index (κ3) is 1.58. The molecule has 0 unspecified atom stereocenters. The molecule has 0 aromatic carbocycles. The largest absolute Gasteiger partial charge is 0.476 e. The van der Waals surface area contributed by atoms with E-state index in [4.69, 9.17) is 5.11 Å². The monoisotopic (exact) mass is 241 g/mol. The number of fused-ring (bicyclic) bond motifs is 1. The lowest BCUT2D eigenvalue weighted by Gasteiger charge is -1.98. The summed E-state index contributed by atoms with van der Waals surface area (Å²) in [6.07, 6.45) is 1.62. The lowest BCUT2D eigenvalue weighted by Crippen LogP contribution is -2.05. The highest BCUT2D eigenvalue weighted by atomic mass is 16.4. The molecule has 0 amide bonds. The Kier molecular flexibility index (Phi) is 2.23. The molecule has 3 heterocycles. The van der Waals surface area contributed by atoms with Gasteiger partial charge in [-0.15, -0.1) is 10.2 Å².